The first-order valence-electron chi connectivity index (χ1n) is 8.15. The number of hydrogen-bond donors (Lipinski definition) is 1. The minimum Gasteiger partial charge on any atom is -0.495 e. The Morgan fingerprint density at radius 2 is 2.04 bits per heavy atom. The van der Waals surface area contributed by atoms with Crippen LogP contribution < -0.4 is 10.1 Å². The molecule has 2 amide bonds. The van der Waals surface area contributed by atoms with Crippen LogP contribution >= 0.6 is 11.6 Å². The van der Waals surface area contributed by atoms with Crippen molar-refractivity contribution in [3.63, 3.8) is 0 Å². The Morgan fingerprint density at radius 1 is 1.33 bits per heavy atom. The lowest BCUT2D eigenvalue weighted by molar-refractivity contribution is 0.0466. The van der Waals surface area contributed by atoms with Gasteiger partial charge in [0, 0.05) is 37.4 Å². The number of nitrogens with zero attached hydrogens (tertiary/aromatic N) is 2. The van der Waals surface area contributed by atoms with E-state index in [0.717, 1.165) is 19.4 Å². The summed E-state index contributed by atoms with van der Waals surface area (Å²) in [5, 5.41) is 3.49. The van der Waals surface area contributed by atoms with Crippen LogP contribution in [0.4, 0.5) is 10.5 Å². The highest BCUT2D eigenvalue weighted by atomic mass is 35.5. The van der Waals surface area contributed by atoms with Crippen molar-refractivity contribution in [3.05, 3.63) is 23.2 Å². The van der Waals surface area contributed by atoms with Gasteiger partial charge in [0.25, 0.3) is 0 Å². The van der Waals surface area contributed by atoms with E-state index in [-0.39, 0.29) is 12.1 Å². The van der Waals surface area contributed by atoms with E-state index in [1.54, 1.807) is 25.3 Å². The molecule has 0 bridgehead atoms. The van der Waals surface area contributed by atoms with Crippen LogP contribution in [0.5, 0.6) is 5.75 Å². The predicted molar refractivity (Wildman–Crippen MR) is 96.1 cm³/mol. The number of nitrogens with one attached hydrogen (secondary N) is 1. The molecular formula is C17H26ClN3O3. The van der Waals surface area contributed by atoms with E-state index in [1.165, 1.54) is 0 Å². The zero-order valence-corrected chi connectivity index (χ0v) is 15.3. The Morgan fingerprint density at radius 3 is 2.67 bits per heavy atom. The molecule has 0 unspecified atom stereocenters. The minimum atomic E-state index is -0.135. The van der Waals surface area contributed by atoms with Crippen LogP contribution in [0.1, 0.15) is 12.8 Å². The normalized spacial score (nSPS) is 15.4. The van der Waals surface area contributed by atoms with Gasteiger partial charge in [-0.3, -0.25) is 0 Å². The summed E-state index contributed by atoms with van der Waals surface area (Å²) in [6.45, 7) is 2.84. The third-order valence-corrected chi connectivity index (χ3v) is 4.32. The van der Waals surface area contributed by atoms with E-state index in [4.69, 9.17) is 21.1 Å². The van der Waals surface area contributed by atoms with Gasteiger partial charge in [-0.15, -0.1) is 0 Å². The second kappa shape index (κ2) is 9.11. The van der Waals surface area contributed by atoms with E-state index < -0.39 is 0 Å². The molecule has 0 saturated carbocycles. The lowest BCUT2D eigenvalue weighted by atomic mass is 10.1. The molecule has 1 aliphatic heterocycles. The molecule has 6 nitrogen and oxygen atoms in total. The summed E-state index contributed by atoms with van der Waals surface area (Å²) in [5.74, 6) is 0.590. The van der Waals surface area contributed by atoms with Gasteiger partial charge in [0.05, 0.1) is 12.8 Å². The first kappa shape index (κ1) is 18.8. The molecule has 1 fully saturated rings. The maximum absolute atomic E-state index is 12.9. The van der Waals surface area contributed by atoms with Crippen molar-refractivity contribution in [2.75, 3.05) is 52.8 Å². The maximum Gasteiger partial charge on any atom is 0.322 e. The zero-order chi connectivity index (χ0) is 17.5. The molecule has 1 aliphatic rings. The number of halogens is 1. The van der Waals surface area contributed by atoms with E-state index in [0.29, 0.717) is 36.2 Å². The lowest BCUT2D eigenvalue weighted by Gasteiger charge is -2.35. The van der Waals surface area contributed by atoms with Crippen LogP contribution in [-0.4, -0.2) is 69.4 Å². The quantitative estimate of drug-likeness (QED) is 0.852. The number of hydrogen-bond acceptors (Lipinski definition) is 4. The first-order chi connectivity index (χ1) is 11.5. The number of ether oxygens (including phenoxy) is 2. The highest BCUT2D eigenvalue weighted by Crippen LogP contribution is 2.28. The van der Waals surface area contributed by atoms with Crippen LogP contribution in [0, 0.1) is 0 Å². The number of anilines is 1. The summed E-state index contributed by atoms with van der Waals surface area (Å²) in [5.41, 5.74) is 0.580. The molecule has 1 aromatic rings. The van der Waals surface area contributed by atoms with Crippen molar-refractivity contribution in [2.24, 2.45) is 0 Å². The van der Waals surface area contributed by atoms with Gasteiger partial charge >= 0.3 is 6.03 Å². The third-order valence-electron chi connectivity index (χ3n) is 4.08. The summed E-state index contributed by atoms with van der Waals surface area (Å²) in [7, 11) is 5.57. The zero-order valence-electron chi connectivity index (χ0n) is 14.5. The largest absolute Gasteiger partial charge is 0.495 e. The maximum atomic E-state index is 12.9. The van der Waals surface area contributed by atoms with E-state index >= 15 is 0 Å². The molecule has 1 heterocycles. The van der Waals surface area contributed by atoms with Crippen molar-refractivity contribution in [1.82, 2.24) is 9.80 Å². The second-order valence-electron chi connectivity index (χ2n) is 6.11. The Balaban J connectivity index is 2.12. The smallest absolute Gasteiger partial charge is 0.322 e. The van der Waals surface area contributed by atoms with E-state index in [2.05, 4.69) is 10.2 Å². The average Bonchev–Trinajstić information content (AvgIpc) is 2.56. The van der Waals surface area contributed by atoms with Crippen molar-refractivity contribution in [1.29, 1.82) is 0 Å². The molecule has 24 heavy (non-hydrogen) atoms. The van der Waals surface area contributed by atoms with Gasteiger partial charge in [0.1, 0.15) is 5.75 Å². The number of carbonyl (C=O) groups excluding carboxylic acids is 1. The number of likely N-dealkylation sites (N-methyl/N-ethyl adjacent to an activating group) is 1. The van der Waals surface area contributed by atoms with Crippen LogP contribution in [0.2, 0.25) is 5.02 Å². The van der Waals surface area contributed by atoms with Crippen LogP contribution in [0.15, 0.2) is 18.2 Å². The van der Waals surface area contributed by atoms with Gasteiger partial charge in [-0.05, 0) is 45.1 Å². The van der Waals surface area contributed by atoms with Gasteiger partial charge < -0.3 is 24.6 Å². The molecule has 0 spiro atoms. The van der Waals surface area contributed by atoms with Gasteiger partial charge in [0.2, 0.25) is 0 Å². The number of benzene rings is 1. The average molecular weight is 356 g/mol. The van der Waals surface area contributed by atoms with Gasteiger partial charge in [-0.25, -0.2) is 4.79 Å². The first-order valence-corrected chi connectivity index (χ1v) is 8.52. The monoisotopic (exact) mass is 355 g/mol. The molecule has 2 rings (SSSR count). The van der Waals surface area contributed by atoms with Gasteiger partial charge in [-0.1, -0.05) is 11.6 Å². The molecular weight excluding hydrogens is 330 g/mol. The SMILES string of the molecule is COc1ccc(Cl)cc1NC(=O)N(CCN(C)C)C1CCOCC1. The molecule has 0 aromatic heterocycles. The molecule has 0 radical (unpaired) electrons. The van der Waals surface area contributed by atoms with Gasteiger partial charge in [-0.2, -0.15) is 0 Å². The molecule has 0 aliphatic carbocycles. The summed E-state index contributed by atoms with van der Waals surface area (Å²) >= 11 is 6.04. The summed E-state index contributed by atoms with van der Waals surface area (Å²) < 4.78 is 10.7. The number of methoxy groups -OCH3 is 1. The molecule has 1 N–H and O–H groups in total. The standard InChI is InChI=1S/C17H26ClN3O3/c1-20(2)8-9-21(14-6-10-24-11-7-14)17(22)19-15-12-13(18)4-5-16(15)23-3/h4-5,12,14H,6-11H2,1-3H3,(H,19,22). The fourth-order valence-electron chi connectivity index (χ4n) is 2.72. The lowest BCUT2D eigenvalue weighted by Crippen LogP contribution is -2.48. The second-order valence-corrected chi connectivity index (χ2v) is 6.55. The highest BCUT2D eigenvalue weighted by molar-refractivity contribution is 6.31. The van der Waals surface area contributed by atoms with Crippen molar-refractivity contribution < 1.29 is 14.3 Å². The molecule has 1 saturated heterocycles. The van der Waals surface area contributed by atoms with Crippen LogP contribution in [-0.2, 0) is 4.74 Å². The third kappa shape index (κ3) is 5.26. The topological polar surface area (TPSA) is 54.0 Å². The molecule has 7 heteroatoms. The van der Waals surface area contributed by atoms with Crippen molar-refractivity contribution in [3.8, 4) is 5.75 Å². The van der Waals surface area contributed by atoms with Crippen molar-refractivity contribution in [2.45, 2.75) is 18.9 Å². The number of rotatable bonds is 6. The predicted octanol–water partition coefficient (Wildman–Crippen LogP) is 2.92. The van der Waals surface area contributed by atoms with Crippen molar-refractivity contribution >= 4 is 23.3 Å². The molecule has 1 aromatic carbocycles. The summed E-state index contributed by atoms with van der Waals surface area (Å²) in [6, 6.07) is 5.23. The molecule has 134 valence electrons. The summed E-state index contributed by atoms with van der Waals surface area (Å²) in [4.78, 5) is 16.8. The number of carbonyl (C=O) groups is 1. The van der Waals surface area contributed by atoms with Gasteiger partial charge in [0.15, 0.2) is 0 Å². The Labute approximate surface area is 148 Å². The minimum absolute atomic E-state index is 0.135. The van der Waals surface area contributed by atoms with E-state index in [1.807, 2.05) is 19.0 Å². The Hall–Kier alpha value is -1.50. The fraction of sp³-hybridized carbons (Fsp3) is 0.588. The van der Waals surface area contributed by atoms with Crippen LogP contribution in [0.25, 0.3) is 0 Å². The molecule has 0 atom stereocenters. The Bertz CT molecular complexity index is 548. The summed E-state index contributed by atoms with van der Waals surface area (Å²) in [6.07, 6.45) is 1.71. The Kier molecular flexibility index (Phi) is 7.15. The van der Waals surface area contributed by atoms with Crippen LogP contribution in [0.3, 0.4) is 0 Å². The highest BCUT2D eigenvalue weighted by Gasteiger charge is 2.26. The number of urea groups is 1. The number of amides is 2. The fourth-order valence-corrected chi connectivity index (χ4v) is 2.89. The van der Waals surface area contributed by atoms with E-state index in [9.17, 15) is 4.79 Å².